The molecule has 1 aliphatic rings. The Morgan fingerprint density at radius 1 is 1.00 bits per heavy atom. The van der Waals surface area contributed by atoms with Gasteiger partial charge in [0.2, 0.25) is 5.91 Å². The van der Waals surface area contributed by atoms with Crippen LogP contribution < -0.4 is 14.5 Å². The average Bonchev–Trinajstić information content (AvgIpc) is 2.88. The largest absolute Gasteiger partial charge is 0.372 e. The highest BCUT2D eigenvalue weighted by Gasteiger charge is 2.27. The summed E-state index contributed by atoms with van der Waals surface area (Å²) in [6, 6.07) is 23.4. The number of carbonyl (C=O) groups excluding carboxylic acids is 1. The number of anilines is 2. The van der Waals surface area contributed by atoms with E-state index in [1.54, 1.807) is 48.5 Å². The molecule has 7 heteroatoms. The Labute approximate surface area is 215 Å². The number of nitrogens with zero attached hydrogens (tertiary/aromatic N) is 2. The van der Waals surface area contributed by atoms with E-state index in [0.717, 1.165) is 30.1 Å². The number of piperidine rings is 1. The monoisotopic (exact) mass is 505 g/mol. The van der Waals surface area contributed by atoms with Gasteiger partial charge >= 0.3 is 0 Å². The van der Waals surface area contributed by atoms with Crippen molar-refractivity contribution in [1.82, 2.24) is 5.32 Å². The molecular formula is C29H35N3O3S. The van der Waals surface area contributed by atoms with Gasteiger partial charge in [-0.1, -0.05) is 49.4 Å². The number of nitrogens with one attached hydrogen (secondary N) is 1. The van der Waals surface area contributed by atoms with Crippen LogP contribution in [0.1, 0.15) is 43.9 Å². The first-order valence-corrected chi connectivity index (χ1v) is 14.0. The first kappa shape index (κ1) is 25.8. The molecule has 0 saturated carbocycles. The summed E-state index contributed by atoms with van der Waals surface area (Å²) in [4.78, 5) is 15.6. The van der Waals surface area contributed by atoms with Crippen LogP contribution in [0.15, 0.2) is 83.8 Å². The second-order valence-corrected chi connectivity index (χ2v) is 11.6. The molecule has 0 bridgehead atoms. The highest BCUT2D eigenvalue weighted by Crippen LogP contribution is 2.26. The molecule has 3 aromatic rings. The molecule has 1 atom stereocenters. The lowest BCUT2D eigenvalue weighted by atomic mass is 9.98. The average molecular weight is 506 g/mol. The summed E-state index contributed by atoms with van der Waals surface area (Å²) in [6.45, 7) is 7.94. The lowest BCUT2D eigenvalue weighted by Crippen LogP contribution is -2.41. The summed E-state index contributed by atoms with van der Waals surface area (Å²) in [5, 5.41) is 2.98. The summed E-state index contributed by atoms with van der Waals surface area (Å²) >= 11 is 0. The minimum atomic E-state index is -3.92. The maximum absolute atomic E-state index is 13.5. The van der Waals surface area contributed by atoms with Crippen molar-refractivity contribution in [1.29, 1.82) is 0 Å². The van der Waals surface area contributed by atoms with Crippen molar-refractivity contribution in [2.45, 2.75) is 44.6 Å². The summed E-state index contributed by atoms with van der Waals surface area (Å²) < 4.78 is 28.1. The Kier molecular flexibility index (Phi) is 7.99. The molecule has 1 saturated heterocycles. The summed E-state index contributed by atoms with van der Waals surface area (Å²) in [5.74, 6) is 0.415. The molecule has 190 valence electrons. The Morgan fingerprint density at radius 3 is 2.31 bits per heavy atom. The molecular weight excluding hydrogens is 470 g/mol. The number of hydrogen-bond acceptors (Lipinski definition) is 4. The van der Waals surface area contributed by atoms with Gasteiger partial charge in [-0.15, -0.1) is 0 Å². The van der Waals surface area contributed by atoms with Crippen LogP contribution in [0.25, 0.3) is 0 Å². The third-order valence-corrected chi connectivity index (χ3v) is 8.62. The molecule has 1 aliphatic heterocycles. The lowest BCUT2D eigenvalue weighted by Gasteiger charge is -2.32. The van der Waals surface area contributed by atoms with Crippen molar-refractivity contribution in [3.05, 3.63) is 90.0 Å². The Bertz CT molecular complexity index is 1270. The lowest BCUT2D eigenvalue weighted by molar-refractivity contribution is -0.120. The van der Waals surface area contributed by atoms with E-state index in [2.05, 4.69) is 29.3 Å². The molecule has 1 amide bonds. The topological polar surface area (TPSA) is 69.7 Å². The fraction of sp³-hybridized carbons (Fsp3) is 0.345. The number of aryl methyl sites for hydroxylation is 1. The predicted molar refractivity (Wildman–Crippen MR) is 146 cm³/mol. The number of hydrogen-bond donors (Lipinski definition) is 1. The smallest absolute Gasteiger partial charge is 0.264 e. The Balaban J connectivity index is 1.48. The molecule has 1 heterocycles. The van der Waals surface area contributed by atoms with Gasteiger partial charge in [0.25, 0.3) is 10.0 Å². The van der Waals surface area contributed by atoms with Gasteiger partial charge in [0.05, 0.1) is 16.6 Å². The van der Waals surface area contributed by atoms with E-state index >= 15 is 0 Å². The van der Waals surface area contributed by atoms with E-state index in [1.165, 1.54) is 22.8 Å². The van der Waals surface area contributed by atoms with Gasteiger partial charge in [0.15, 0.2) is 0 Å². The van der Waals surface area contributed by atoms with E-state index in [4.69, 9.17) is 0 Å². The Morgan fingerprint density at radius 2 is 1.67 bits per heavy atom. The number of sulfonamides is 1. The van der Waals surface area contributed by atoms with E-state index in [1.807, 2.05) is 32.0 Å². The summed E-state index contributed by atoms with van der Waals surface area (Å²) in [7, 11) is -3.92. The maximum Gasteiger partial charge on any atom is 0.264 e. The second kappa shape index (κ2) is 11.2. The van der Waals surface area contributed by atoms with Crippen LogP contribution >= 0.6 is 0 Å². The molecule has 1 fully saturated rings. The fourth-order valence-electron chi connectivity index (χ4n) is 4.56. The summed E-state index contributed by atoms with van der Waals surface area (Å²) in [5.41, 5.74) is 3.55. The predicted octanol–water partition coefficient (Wildman–Crippen LogP) is 5.30. The molecule has 3 aromatic carbocycles. The molecule has 0 spiro atoms. The maximum atomic E-state index is 13.5. The van der Waals surface area contributed by atoms with Crippen molar-refractivity contribution < 1.29 is 13.2 Å². The molecule has 1 N–H and O–H groups in total. The normalized spacial score (nSPS) is 15.4. The van der Waals surface area contributed by atoms with Gasteiger partial charge < -0.3 is 10.2 Å². The summed E-state index contributed by atoms with van der Waals surface area (Å²) in [6.07, 6.45) is 2.41. The van der Waals surface area contributed by atoms with Crippen LogP contribution in [0.3, 0.4) is 0 Å². The van der Waals surface area contributed by atoms with E-state index in [-0.39, 0.29) is 23.4 Å². The third kappa shape index (κ3) is 6.08. The first-order valence-electron chi connectivity index (χ1n) is 12.5. The van der Waals surface area contributed by atoms with Crippen LogP contribution in [0.5, 0.6) is 0 Å². The van der Waals surface area contributed by atoms with Crippen molar-refractivity contribution in [3.63, 3.8) is 0 Å². The van der Waals surface area contributed by atoms with Crippen LogP contribution in [0, 0.1) is 12.8 Å². The van der Waals surface area contributed by atoms with Crippen LogP contribution in [0.4, 0.5) is 11.4 Å². The molecule has 0 radical (unpaired) electrons. The minimum absolute atomic E-state index is 0.148. The molecule has 0 aliphatic carbocycles. The molecule has 4 rings (SSSR count). The van der Waals surface area contributed by atoms with E-state index in [9.17, 15) is 13.2 Å². The zero-order chi connectivity index (χ0) is 25.7. The quantitative estimate of drug-likeness (QED) is 0.451. The second-order valence-electron chi connectivity index (χ2n) is 9.71. The highest BCUT2D eigenvalue weighted by atomic mass is 32.2. The van der Waals surface area contributed by atoms with Gasteiger partial charge in [0, 0.05) is 18.8 Å². The van der Waals surface area contributed by atoms with Gasteiger partial charge in [0.1, 0.15) is 6.54 Å². The standard InChI is InChI=1S/C29H35N3O3S/c1-22-16-18-31(19-17-22)26-14-12-25(13-15-26)24(3)30-29(33)21-32(27-9-7-8-23(2)20-27)36(34,35)28-10-5-4-6-11-28/h4-15,20,22,24H,16-19,21H2,1-3H3,(H,30,33). The number of benzene rings is 3. The van der Waals surface area contributed by atoms with Crippen molar-refractivity contribution in [2.75, 3.05) is 28.8 Å². The Hall–Kier alpha value is -3.32. The fourth-order valence-corrected chi connectivity index (χ4v) is 5.99. The van der Waals surface area contributed by atoms with Crippen LogP contribution in [-0.4, -0.2) is 34.0 Å². The third-order valence-electron chi connectivity index (χ3n) is 6.83. The van der Waals surface area contributed by atoms with Gasteiger partial charge in [-0.05, 0) is 80.1 Å². The molecule has 0 aromatic heterocycles. The van der Waals surface area contributed by atoms with Gasteiger partial charge in [-0.3, -0.25) is 9.10 Å². The van der Waals surface area contributed by atoms with Crippen molar-refractivity contribution in [2.24, 2.45) is 5.92 Å². The number of amides is 1. The van der Waals surface area contributed by atoms with Gasteiger partial charge in [-0.25, -0.2) is 8.42 Å². The van der Waals surface area contributed by atoms with Gasteiger partial charge in [-0.2, -0.15) is 0 Å². The number of rotatable bonds is 8. The molecule has 36 heavy (non-hydrogen) atoms. The molecule has 6 nitrogen and oxygen atoms in total. The zero-order valence-corrected chi connectivity index (χ0v) is 22.0. The highest BCUT2D eigenvalue weighted by molar-refractivity contribution is 7.92. The van der Waals surface area contributed by atoms with Crippen LogP contribution in [-0.2, 0) is 14.8 Å². The van der Waals surface area contributed by atoms with E-state index < -0.39 is 10.0 Å². The zero-order valence-electron chi connectivity index (χ0n) is 21.2. The van der Waals surface area contributed by atoms with Crippen molar-refractivity contribution >= 4 is 27.3 Å². The molecule has 1 unspecified atom stereocenters. The minimum Gasteiger partial charge on any atom is -0.372 e. The number of carbonyl (C=O) groups is 1. The SMILES string of the molecule is Cc1cccc(N(CC(=O)NC(C)c2ccc(N3CCC(C)CC3)cc2)S(=O)(=O)c2ccccc2)c1. The van der Waals surface area contributed by atoms with Crippen molar-refractivity contribution in [3.8, 4) is 0 Å². The first-order chi connectivity index (χ1) is 17.2. The van der Waals surface area contributed by atoms with Crippen LogP contribution in [0.2, 0.25) is 0 Å². The van der Waals surface area contributed by atoms with E-state index in [0.29, 0.717) is 5.69 Å².